The molecule has 6 nitrogen and oxygen atoms in total. The summed E-state index contributed by atoms with van der Waals surface area (Å²) < 4.78 is 30.4. The van der Waals surface area contributed by atoms with Gasteiger partial charge in [0.1, 0.15) is 18.4 Å². The van der Waals surface area contributed by atoms with Gasteiger partial charge in [-0.05, 0) is 6.07 Å². The van der Waals surface area contributed by atoms with Crippen molar-refractivity contribution in [2.45, 2.75) is 26.1 Å². The van der Waals surface area contributed by atoms with Crippen molar-refractivity contribution in [3.8, 4) is 5.75 Å². The number of hydrogen-bond donors (Lipinski definition) is 1. The second kappa shape index (κ2) is 7.32. The van der Waals surface area contributed by atoms with Crippen molar-refractivity contribution in [3.05, 3.63) is 42.5 Å². The zero-order valence-corrected chi connectivity index (χ0v) is 11.1. The number of nitrogens with one attached hydrogen (secondary N) is 1. The molecule has 1 N–H and O–H groups in total. The fourth-order valence-electron chi connectivity index (χ4n) is 1.71. The average molecular weight is 296 g/mol. The first-order valence-corrected chi connectivity index (χ1v) is 6.27. The maximum Gasteiger partial charge on any atom is 0.387 e. The summed E-state index contributed by atoms with van der Waals surface area (Å²) in [6.07, 6.45) is 3.12. The van der Waals surface area contributed by atoms with Gasteiger partial charge in [0.05, 0.1) is 6.54 Å². The number of ether oxygens (including phenoxy) is 1. The van der Waals surface area contributed by atoms with Crippen LogP contribution in [-0.4, -0.2) is 27.3 Å². The highest BCUT2D eigenvalue weighted by molar-refractivity contribution is 5.75. The van der Waals surface area contributed by atoms with Crippen LogP contribution < -0.4 is 10.1 Å². The molecule has 0 spiro atoms. The van der Waals surface area contributed by atoms with E-state index in [9.17, 15) is 13.6 Å². The lowest BCUT2D eigenvalue weighted by Gasteiger charge is -2.11. The standard InChI is InChI=1S/C13H14F2N4O2/c14-13(15)21-11-4-2-1-3-10(11)7-17-12(20)5-6-19-9-16-8-18-19/h1-4,8-9,13H,5-7H2,(H,17,20). The average Bonchev–Trinajstić information content (AvgIpc) is 2.97. The minimum atomic E-state index is -2.89. The number of carbonyl (C=O) groups excluding carboxylic acids is 1. The molecule has 112 valence electrons. The number of halogens is 2. The van der Waals surface area contributed by atoms with Crippen molar-refractivity contribution in [2.24, 2.45) is 0 Å². The van der Waals surface area contributed by atoms with Crippen LogP contribution in [0, 0.1) is 0 Å². The molecule has 0 aliphatic heterocycles. The Hall–Kier alpha value is -2.51. The van der Waals surface area contributed by atoms with Crippen LogP contribution >= 0.6 is 0 Å². The predicted octanol–water partition coefficient (Wildman–Crippen LogP) is 1.59. The molecule has 1 aromatic carbocycles. The first kappa shape index (κ1) is 14.9. The molecule has 8 heteroatoms. The molecule has 0 unspecified atom stereocenters. The van der Waals surface area contributed by atoms with Gasteiger partial charge in [0.15, 0.2) is 0 Å². The van der Waals surface area contributed by atoms with Gasteiger partial charge in [-0.25, -0.2) is 4.98 Å². The smallest absolute Gasteiger partial charge is 0.387 e. The predicted molar refractivity (Wildman–Crippen MR) is 69.6 cm³/mol. The SMILES string of the molecule is O=C(CCn1cncn1)NCc1ccccc1OC(F)F. The second-order valence-corrected chi connectivity index (χ2v) is 4.17. The lowest BCUT2D eigenvalue weighted by molar-refractivity contribution is -0.121. The van der Waals surface area contributed by atoms with Crippen LogP contribution in [0.4, 0.5) is 8.78 Å². The molecule has 2 rings (SSSR count). The summed E-state index contributed by atoms with van der Waals surface area (Å²) in [5, 5.41) is 6.53. The molecule has 0 fully saturated rings. The Morgan fingerprint density at radius 3 is 2.90 bits per heavy atom. The summed E-state index contributed by atoms with van der Waals surface area (Å²) in [6, 6.07) is 6.33. The van der Waals surface area contributed by atoms with Crippen molar-refractivity contribution in [2.75, 3.05) is 0 Å². The van der Waals surface area contributed by atoms with Gasteiger partial charge in [-0.3, -0.25) is 9.48 Å². The summed E-state index contributed by atoms with van der Waals surface area (Å²) >= 11 is 0. The van der Waals surface area contributed by atoms with Gasteiger partial charge >= 0.3 is 6.61 Å². The van der Waals surface area contributed by atoms with Crippen molar-refractivity contribution < 1.29 is 18.3 Å². The van der Waals surface area contributed by atoms with E-state index in [1.54, 1.807) is 18.2 Å². The van der Waals surface area contributed by atoms with E-state index in [1.165, 1.54) is 23.4 Å². The number of benzene rings is 1. The number of aryl methyl sites for hydroxylation is 1. The number of rotatable bonds is 7. The van der Waals surface area contributed by atoms with Gasteiger partial charge in [0, 0.05) is 18.5 Å². The third kappa shape index (κ3) is 4.83. The molecule has 0 bridgehead atoms. The van der Waals surface area contributed by atoms with Gasteiger partial charge in [0.25, 0.3) is 0 Å². The number of para-hydroxylation sites is 1. The molecule has 0 saturated carbocycles. The van der Waals surface area contributed by atoms with Crippen LogP contribution in [0.25, 0.3) is 0 Å². The molecular formula is C13H14F2N4O2. The number of aromatic nitrogens is 3. The van der Waals surface area contributed by atoms with Gasteiger partial charge in [-0.15, -0.1) is 0 Å². The molecule has 0 radical (unpaired) electrons. The van der Waals surface area contributed by atoms with E-state index >= 15 is 0 Å². The molecule has 1 heterocycles. The van der Waals surface area contributed by atoms with E-state index in [0.29, 0.717) is 12.1 Å². The number of hydrogen-bond acceptors (Lipinski definition) is 4. The Morgan fingerprint density at radius 2 is 2.19 bits per heavy atom. The first-order chi connectivity index (χ1) is 10.1. The van der Waals surface area contributed by atoms with Crippen LogP contribution in [-0.2, 0) is 17.9 Å². The monoisotopic (exact) mass is 296 g/mol. The fraction of sp³-hybridized carbons (Fsp3) is 0.308. The molecule has 0 saturated heterocycles. The van der Waals surface area contributed by atoms with Gasteiger partial charge in [-0.1, -0.05) is 18.2 Å². The summed E-state index contributed by atoms with van der Waals surface area (Å²) in [6.45, 7) is -2.37. The van der Waals surface area contributed by atoms with Crippen LogP contribution in [0.3, 0.4) is 0 Å². The lowest BCUT2D eigenvalue weighted by Crippen LogP contribution is -2.24. The molecule has 1 aromatic heterocycles. The Labute approximate surface area is 119 Å². The zero-order chi connectivity index (χ0) is 15.1. The van der Waals surface area contributed by atoms with Crippen LogP contribution in [0.15, 0.2) is 36.9 Å². The van der Waals surface area contributed by atoms with Crippen molar-refractivity contribution in [1.82, 2.24) is 20.1 Å². The van der Waals surface area contributed by atoms with E-state index in [0.717, 1.165) is 0 Å². The van der Waals surface area contributed by atoms with Crippen molar-refractivity contribution in [1.29, 1.82) is 0 Å². The highest BCUT2D eigenvalue weighted by Gasteiger charge is 2.10. The van der Waals surface area contributed by atoms with E-state index in [2.05, 4.69) is 20.1 Å². The molecule has 0 aliphatic rings. The highest BCUT2D eigenvalue weighted by atomic mass is 19.3. The largest absolute Gasteiger partial charge is 0.434 e. The Bertz CT molecular complexity index is 575. The third-order valence-electron chi connectivity index (χ3n) is 2.70. The molecule has 0 aliphatic carbocycles. The van der Waals surface area contributed by atoms with Crippen molar-refractivity contribution >= 4 is 5.91 Å². The van der Waals surface area contributed by atoms with E-state index < -0.39 is 6.61 Å². The molecular weight excluding hydrogens is 282 g/mol. The number of carbonyl (C=O) groups is 1. The molecule has 21 heavy (non-hydrogen) atoms. The van der Waals surface area contributed by atoms with Crippen LogP contribution in [0.2, 0.25) is 0 Å². The maximum absolute atomic E-state index is 12.3. The van der Waals surface area contributed by atoms with Crippen molar-refractivity contribution in [3.63, 3.8) is 0 Å². The number of amides is 1. The zero-order valence-electron chi connectivity index (χ0n) is 11.1. The topological polar surface area (TPSA) is 69.0 Å². The maximum atomic E-state index is 12.3. The summed E-state index contributed by atoms with van der Waals surface area (Å²) in [5.41, 5.74) is 0.493. The number of nitrogens with zero attached hydrogens (tertiary/aromatic N) is 3. The quantitative estimate of drug-likeness (QED) is 0.842. The van der Waals surface area contributed by atoms with E-state index in [1.807, 2.05) is 0 Å². The van der Waals surface area contributed by atoms with E-state index in [-0.39, 0.29) is 24.6 Å². The second-order valence-electron chi connectivity index (χ2n) is 4.17. The third-order valence-corrected chi connectivity index (χ3v) is 2.70. The van der Waals surface area contributed by atoms with Gasteiger partial charge in [-0.2, -0.15) is 13.9 Å². The Kier molecular flexibility index (Phi) is 5.19. The normalized spacial score (nSPS) is 10.6. The Balaban J connectivity index is 1.83. The lowest BCUT2D eigenvalue weighted by atomic mass is 10.2. The molecule has 2 aromatic rings. The minimum Gasteiger partial charge on any atom is -0.434 e. The minimum absolute atomic E-state index is 0.0593. The first-order valence-electron chi connectivity index (χ1n) is 6.27. The van der Waals surface area contributed by atoms with Gasteiger partial charge in [0.2, 0.25) is 5.91 Å². The highest BCUT2D eigenvalue weighted by Crippen LogP contribution is 2.19. The van der Waals surface area contributed by atoms with E-state index in [4.69, 9.17) is 0 Å². The fourth-order valence-corrected chi connectivity index (χ4v) is 1.71. The Morgan fingerprint density at radius 1 is 1.38 bits per heavy atom. The summed E-state index contributed by atoms with van der Waals surface area (Å²) in [5.74, 6) is -0.151. The summed E-state index contributed by atoms with van der Waals surface area (Å²) in [4.78, 5) is 15.4. The molecule has 1 amide bonds. The summed E-state index contributed by atoms with van der Waals surface area (Å²) in [7, 11) is 0. The van der Waals surface area contributed by atoms with Gasteiger partial charge < -0.3 is 10.1 Å². The van der Waals surface area contributed by atoms with Crippen LogP contribution in [0.5, 0.6) is 5.75 Å². The molecule has 0 atom stereocenters. The number of alkyl halides is 2. The van der Waals surface area contributed by atoms with Crippen LogP contribution in [0.1, 0.15) is 12.0 Å².